The van der Waals surface area contributed by atoms with Gasteiger partial charge in [0.2, 0.25) is 0 Å². The van der Waals surface area contributed by atoms with Gasteiger partial charge in [0.25, 0.3) is 0 Å². The van der Waals surface area contributed by atoms with E-state index in [4.69, 9.17) is 0 Å². The molecule has 1 aromatic rings. The maximum absolute atomic E-state index is 4.09. The van der Waals surface area contributed by atoms with E-state index >= 15 is 0 Å². The van der Waals surface area contributed by atoms with Gasteiger partial charge in [-0.25, -0.2) is 0 Å². The lowest BCUT2D eigenvalue weighted by Crippen LogP contribution is -2.18. The molecule has 0 spiro atoms. The summed E-state index contributed by atoms with van der Waals surface area (Å²) in [5.41, 5.74) is 5.38. The smallest absolute Gasteiger partial charge is 0.0357 e. The van der Waals surface area contributed by atoms with Gasteiger partial charge in [-0.05, 0) is 44.9 Å². The van der Waals surface area contributed by atoms with Gasteiger partial charge in [-0.1, -0.05) is 42.8 Å². The number of aryl methyl sites for hydroxylation is 2. The van der Waals surface area contributed by atoms with Crippen LogP contribution in [0.25, 0.3) is 0 Å². The fourth-order valence-electron chi connectivity index (χ4n) is 2.02. The summed E-state index contributed by atoms with van der Waals surface area (Å²) in [4.78, 5) is 0. The van der Waals surface area contributed by atoms with E-state index in [0.29, 0.717) is 6.04 Å². The molecule has 0 amide bonds. The second-order valence-corrected chi connectivity index (χ2v) is 4.51. The molecule has 0 aliphatic rings. The molecule has 0 saturated carbocycles. The minimum Gasteiger partial charge on any atom is -0.313 e. The first kappa shape index (κ1) is 13.0. The van der Waals surface area contributed by atoms with Gasteiger partial charge in [-0.15, -0.1) is 0 Å². The molecule has 1 aromatic carbocycles. The molecule has 0 aromatic heterocycles. The first-order valence-electron chi connectivity index (χ1n) is 5.99. The molecular weight excluding hydrogens is 194 g/mol. The zero-order valence-electron chi connectivity index (χ0n) is 10.9. The van der Waals surface area contributed by atoms with E-state index in [-0.39, 0.29) is 0 Å². The Kier molecular flexibility index (Phi) is 4.75. The minimum absolute atomic E-state index is 0.396. The zero-order chi connectivity index (χ0) is 12.1. The predicted molar refractivity (Wildman–Crippen MR) is 71.8 cm³/mol. The van der Waals surface area contributed by atoms with Crippen LogP contribution in [-0.4, -0.2) is 7.05 Å². The molecule has 0 bridgehead atoms. The van der Waals surface area contributed by atoms with Crippen molar-refractivity contribution in [3.63, 3.8) is 0 Å². The largest absolute Gasteiger partial charge is 0.313 e. The second-order valence-electron chi connectivity index (χ2n) is 4.51. The highest BCUT2D eigenvalue weighted by Gasteiger charge is 2.12. The molecule has 0 aliphatic carbocycles. The van der Waals surface area contributed by atoms with Crippen molar-refractivity contribution in [3.05, 3.63) is 47.0 Å². The average Bonchev–Trinajstić information content (AvgIpc) is 2.26. The Morgan fingerprint density at radius 1 is 1.38 bits per heavy atom. The maximum Gasteiger partial charge on any atom is 0.0357 e. The monoisotopic (exact) mass is 217 g/mol. The van der Waals surface area contributed by atoms with Gasteiger partial charge in [0.1, 0.15) is 0 Å². The number of rotatable bonds is 5. The molecule has 88 valence electrons. The summed E-state index contributed by atoms with van der Waals surface area (Å²) in [5, 5.41) is 3.38. The molecule has 1 heteroatoms. The van der Waals surface area contributed by atoms with Gasteiger partial charge in [0.05, 0.1) is 0 Å². The number of hydrogen-bond donors (Lipinski definition) is 1. The van der Waals surface area contributed by atoms with Crippen LogP contribution in [0, 0.1) is 13.8 Å². The summed E-state index contributed by atoms with van der Waals surface area (Å²) in [6.45, 7) is 10.6. The van der Waals surface area contributed by atoms with Crippen molar-refractivity contribution < 1.29 is 0 Å². The van der Waals surface area contributed by atoms with Crippen molar-refractivity contribution in [2.75, 3.05) is 7.05 Å². The van der Waals surface area contributed by atoms with E-state index < -0.39 is 0 Å². The minimum atomic E-state index is 0.396. The summed E-state index contributed by atoms with van der Waals surface area (Å²) in [6, 6.07) is 7.05. The van der Waals surface area contributed by atoms with Gasteiger partial charge < -0.3 is 5.32 Å². The van der Waals surface area contributed by atoms with E-state index in [1.165, 1.54) is 22.3 Å². The maximum atomic E-state index is 4.09. The van der Waals surface area contributed by atoms with E-state index in [1.807, 2.05) is 7.05 Å². The van der Waals surface area contributed by atoms with Crippen LogP contribution in [0.2, 0.25) is 0 Å². The van der Waals surface area contributed by atoms with E-state index in [9.17, 15) is 0 Å². The second kappa shape index (κ2) is 5.86. The number of benzene rings is 1. The average molecular weight is 217 g/mol. The molecule has 16 heavy (non-hydrogen) atoms. The van der Waals surface area contributed by atoms with E-state index in [1.54, 1.807) is 0 Å². The van der Waals surface area contributed by atoms with Crippen molar-refractivity contribution in [2.45, 2.75) is 39.7 Å². The van der Waals surface area contributed by atoms with Crippen LogP contribution in [0.4, 0.5) is 0 Å². The Morgan fingerprint density at radius 2 is 2.06 bits per heavy atom. The normalized spacial score (nSPS) is 12.5. The van der Waals surface area contributed by atoms with Crippen LogP contribution < -0.4 is 5.32 Å². The molecular formula is C15H23N. The Morgan fingerprint density at radius 3 is 2.56 bits per heavy atom. The third kappa shape index (κ3) is 3.21. The molecule has 0 radical (unpaired) electrons. The Bertz CT molecular complexity index is 366. The van der Waals surface area contributed by atoms with Crippen molar-refractivity contribution >= 4 is 0 Å². The molecule has 0 aliphatic heterocycles. The van der Waals surface area contributed by atoms with Crippen LogP contribution in [-0.2, 0) is 0 Å². The third-order valence-electron chi connectivity index (χ3n) is 3.14. The number of nitrogens with one attached hydrogen (secondary N) is 1. The fourth-order valence-corrected chi connectivity index (χ4v) is 2.02. The standard InChI is InChI=1S/C15H23N/c1-6-11(2)10-15(16-5)14-8-7-12(3)9-13(14)4/h7-9,15-16H,2,6,10H2,1,3-5H3. The summed E-state index contributed by atoms with van der Waals surface area (Å²) < 4.78 is 0. The predicted octanol–water partition coefficient (Wildman–Crippen LogP) is 3.92. The van der Waals surface area contributed by atoms with Crippen LogP contribution >= 0.6 is 0 Å². The molecule has 1 N–H and O–H groups in total. The lowest BCUT2D eigenvalue weighted by molar-refractivity contribution is 0.579. The zero-order valence-corrected chi connectivity index (χ0v) is 10.9. The van der Waals surface area contributed by atoms with Crippen molar-refractivity contribution in [2.24, 2.45) is 0 Å². The molecule has 1 nitrogen and oxygen atoms in total. The molecule has 1 unspecified atom stereocenters. The van der Waals surface area contributed by atoms with Crippen molar-refractivity contribution in [1.29, 1.82) is 0 Å². The number of hydrogen-bond acceptors (Lipinski definition) is 1. The third-order valence-corrected chi connectivity index (χ3v) is 3.14. The first-order chi connectivity index (χ1) is 7.58. The van der Waals surface area contributed by atoms with E-state index in [2.05, 4.69) is 50.9 Å². The highest BCUT2D eigenvalue weighted by Crippen LogP contribution is 2.24. The summed E-state index contributed by atoms with van der Waals surface area (Å²) in [6.07, 6.45) is 2.08. The fraction of sp³-hybridized carbons (Fsp3) is 0.467. The van der Waals surface area contributed by atoms with E-state index in [0.717, 1.165) is 12.8 Å². The van der Waals surface area contributed by atoms with Crippen molar-refractivity contribution in [3.8, 4) is 0 Å². The Balaban J connectivity index is 2.90. The highest BCUT2D eigenvalue weighted by molar-refractivity contribution is 5.33. The lowest BCUT2D eigenvalue weighted by atomic mass is 9.94. The van der Waals surface area contributed by atoms with Gasteiger partial charge >= 0.3 is 0 Å². The summed E-state index contributed by atoms with van der Waals surface area (Å²) >= 11 is 0. The highest BCUT2D eigenvalue weighted by atomic mass is 14.9. The van der Waals surface area contributed by atoms with Gasteiger partial charge in [0.15, 0.2) is 0 Å². The first-order valence-corrected chi connectivity index (χ1v) is 5.99. The quantitative estimate of drug-likeness (QED) is 0.737. The van der Waals surface area contributed by atoms with Gasteiger partial charge in [0, 0.05) is 6.04 Å². The van der Waals surface area contributed by atoms with Crippen LogP contribution in [0.5, 0.6) is 0 Å². The molecule has 0 heterocycles. The van der Waals surface area contributed by atoms with Crippen molar-refractivity contribution in [1.82, 2.24) is 5.32 Å². The summed E-state index contributed by atoms with van der Waals surface area (Å²) in [7, 11) is 2.02. The molecule has 0 fully saturated rings. The van der Waals surface area contributed by atoms with Crippen LogP contribution in [0.15, 0.2) is 30.4 Å². The Labute approximate surface area is 99.6 Å². The summed E-state index contributed by atoms with van der Waals surface area (Å²) in [5.74, 6) is 0. The van der Waals surface area contributed by atoms with Crippen LogP contribution in [0.3, 0.4) is 0 Å². The molecule has 0 saturated heterocycles. The van der Waals surface area contributed by atoms with Gasteiger partial charge in [-0.3, -0.25) is 0 Å². The SMILES string of the molecule is C=C(CC)CC(NC)c1ccc(C)cc1C. The lowest BCUT2D eigenvalue weighted by Gasteiger charge is -2.20. The molecule has 1 atom stereocenters. The topological polar surface area (TPSA) is 12.0 Å². The molecule has 1 rings (SSSR count). The van der Waals surface area contributed by atoms with Gasteiger partial charge in [-0.2, -0.15) is 0 Å². The van der Waals surface area contributed by atoms with Crippen LogP contribution in [0.1, 0.15) is 42.5 Å². The Hall–Kier alpha value is -1.08.